The summed E-state index contributed by atoms with van der Waals surface area (Å²) < 4.78 is 6.01. The van der Waals surface area contributed by atoms with E-state index in [-0.39, 0.29) is 0 Å². The fourth-order valence-corrected chi connectivity index (χ4v) is 3.23. The zero-order valence-electron chi connectivity index (χ0n) is 15.0. The number of rotatable bonds is 8. The molecule has 0 radical (unpaired) electrons. The van der Waals surface area contributed by atoms with Gasteiger partial charge in [0, 0.05) is 5.56 Å². The summed E-state index contributed by atoms with van der Waals surface area (Å²) >= 11 is 0. The van der Waals surface area contributed by atoms with E-state index in [0.717, 1.165) is 40.5 Å². The van der Waals surface area contributed by atoms with Gasteiger partial charge in [0.1, 0.15) is 5.75 Å². The highest BCUT2D eigenvalue weighted by molar-refractivity contribution is 5.89. The number of fused-ring (bicyclic) bond motifs is 1. The number of hydrogen-bond donors (Lipinski definition) is 1. The molecule has 0 aliphatic rings. The average molecular weight is 348 g/mol. The minimum Gasteiger partial charge on any atom is -0.493 e. The van der Waals surface area contributed by atoms with Crippen molar-refractivity contribution in [1.29, 1.82) is 0 Å². The zero-order chi connectivity index (χ0) is 18.4. The number of carboxylic acid groups (broad SMARTS) is 1. The van der Waals surface area contributed by atoms with Gasteiger partial charge in [0.15, 0.2) is 0 Å². The third-order valence-corrected chi connectivity index (χ3v) is 4.66. The highest BCUT2D eigenvalue weighted by Crippen LogP contribution is 2.33. The Balaban J connectivity index is 2.02. The monoisotopic (exact) mass is 348 g/mol. The lowest BCUT2D eigenvalue weighted by molar-refractivity contribution is -0.138. The molecule has 1 N–H and O–H groups in total. The first-order chi connectivity index (χ1) is 12.7. The molecule has 1 unspecified atom stereocenters. The van der Waals surface area contributed by atoms with E-state index in [2.05, 4.69) is 6.92 Å². The van der Waals surface area contributed by atoms with Gasteiger partial charge in [-0.1, -0.05) is 74.0 Å². The molecule has 0 saturated heterocycles. The zero-order valence-corrected chi connectivity index (χ0v) is 15.0. The molecule has 0 spiro atoms. The smallest absolute Gasteiger partial charge is 0.311 e. The van der Waals surface area contributed by atoms with E-state index in [0.29, 0.717) is 13.0 Å². The Kier molecular flexibility index (Phi) is 5.90. The van der Waals surface area contributed by atoms with Crippen LogP contribution in [0.3, 0.4) is 0 Å². The second-order valence-electron chi connectivity index (χ2n) is 6.47. The lowest BCUT2D eigenvalue weighted by Gasteiger charge is -2.18. The van der Waals surface area contributed by atoms with Gasteiger partial charge in [-0.05, 0) is 35.2 Å². The highest BCUT2D eigenvalue weighted by Gasteiger charge is 2.23. The molecule has 0 saturated carbocycles. The third kappa shape index (κ3) is 4.05. The van der Waals surface area contributed by atoms with Crippen LogP contribution < -0.4 is 4.74 Å². The van der Waals surface area contributed by atoms with Crippen molar-refractivity contribution >= 4 is 16.7 Å². The van der Waals surface area contributed by atoms with Crippen LogP contribution >= 0.6 is 0 Å². The molecular weight excluding hydrogens is 324 g/mol. The van der Waals surface area contributed by atoms with Crippen LogP contribution in [0, 0.1) is 0 Å². The van der Waals surface area contributed by atoms with Crippen LogP contribution in [0.1, 0.15) is 36.8 Å². The molecule has 1 atom stereocenters. The van der Waals surface area contributed by atoms with Crippen LogP contribution in [0.2, 0.25) is 0 Å². The Labute approximate surface area is 154 Å². The normalized spacial score (nSPS) is 12.0. The van der Waals surface area contributed by atoms with Gasteiger partial charge in [-0.2, -0.15) is 0 Å². The van der Waals surface area contributed by atoms with Gasteiger partial charge in [-0.25, -0.2) is 0 Å². The molecule has 0 aliphatic carbocycles. The molecule has 3 aromatic rings. The Morgan fingerprint density at radius 2 is 1.73 bits per heavy atom. The fraction of sp³-hybridized carbons (Fsp3) is 0.261. The summed E-state index contributed by atoms with van der Waals surface area (Å²) in [5.41, 5.74) is 1.78. The van der Waals surface area contributed by atoms with E-state index >= 15 is 0 Å². The second-order valence-corrected chi connectivity index (χ2v) is 6.47. The molecule has 3 aromatic carbocycles. The Hall–Kier alpha value is -2.81. The fourth-order valence-electron chi connectivity index (χ4n) is 3.23. The molecular formula is C23H24O3. The molecule has 3 nitrogen and oxygen atoms in total. The van der Waals surface area contributed by atoms with E-state index in [1.54, 1.807) is 0 Å². The molecule has 3 rings (SSSR count). The molecule has 0 amide bonds. The number of ether oxygens (including phenoxy) is 1. The van der Waals surface area contributed by atoms with E-state index < -0.39 is 11.9 Å². The molecule has 3 heteroatoms. The molecule has 0 heterocycles. The SMILES string of the molecule is CCCCOc1ccc2ccccc2c1CC(C(=O)O)c1ccccc1. The second kappa shape index (κ2) is 8.52. The van der Waals surface area contributed by atoms with Crippen LogP contribution in [0.15, 0.2) is 66.7 Å². The van der Waals surface area contributed by atoms with Crippen molar-refractivity contribution in [3.63, 3.8) is 0 Å². The maximum Gasteiger partial charge on any atom is 0.311 e. The standard InChI is InChI=1S/C23H24O3/c1-2-3-15-26-22-14-13-18-11-7-8-12-19(18)21(22)16-20(23(24)25)17-9-5-4-6-10-17/h4-14,20H,2-3,15-16H2,1H3,(H,24,25). The van der Waals surface area contributed by atoms with Crippen LogP contribution in [0.25, 0.3) is 10.8 Å². The van der Waals surface area contributed by atoms with Gasteiger partial charge in [0.05, 0.1) is 12.5 Å². The number of benzene rings is 3. The quantitative estimate of drug-likeness (QED) is 0.552. The predicted molar refractivity (Wildman–Crippen MR) is 105 cm³/mol. The van der Waals surface area contributed by atoms with Crippen molar-refractivity contribution in [1.82, 2.24) is 0 Å². The van der Waals surface area contributed by atoms with Crippen molar-refractivity contribution in [2.24, 2.45) is 0 Å². The lowest BCUT2D eigenvalue weighted by atomic mass is 9.89. The van der Waals surface area contributed by atoms with Crippen molar-refractivity contribution in [3.05, 3.63) is 77.9 Å². The van der Waals surface area contributed by atoms with Gasteiger partial charge in [0.25, 0.3) is 0 Å². The first-order valence-electron chi connectivity index (χ1n) is 9.12. The summed E-state index contributed by atoms with van der Waals surface area (Å²) in [5, 5.41) is 12.0. The van der Waals surface area contributed by atoms with E-state index in [1.165, 1.54) is 0 Å². The van der Waals surface area contributed by atoms with Crippen LogP contribution in [-0.2, 0) is 11.2 Å². The maximum absolute atomic E-state index is 12.0. The molecule has 26 heavy (non-hydrogen) atoms. The van der Waals surface area contributed by atoms with Crippen molar-refractivity contribution in [2.75, 3.05) is 6.61 Å². The van der Waals surface area contributed by atoms with Crippen LogP contribution in [-0.4, -0.2) is 17.7 Å². The van der Waals surface area contributed by atoms with Gasteiger partial charge < -0.3 is 9.84 Å². The van der Waals surface area contributed by atoms with Crippen molar-refractivity contribution in [2.45, 2.75) is 32.1 Å². The van der Waals surface area contributed by atoms with Gasteiger partial charge in [-0.15, -0.1) is 0 Å². The average Bonchev–Trinajstić information content (AvgIpc) is 2.67. The first kappa shape index (κ1) is 18.0. The Bertz CT molecular complexity index is 871. The Morgan fingerprint density at radius 3 is 2.46 bits per heavy atom. The first-order valence-corrected chi connectivity index (χ1v) is 9.12. The van der Waals surface area contributed by atoms with Gasteiger partial charge >= 0.3 is 5.97 Å². The third-order valence-electron chi connectivity index (χ3n) is 4.66. The molecule has 0 fully saturated rings. The summed E-state index contributed by atoms with van der Waals surface area (Å²) in [7, 11) is 0. The van der Waals surface area contributed by atoms with E-state index in [4.69, 9.17) is 4.74 Å². The summed E-state index contributed by atoms with van der Waals surface area (Å²) in [6.45, 7) is 2.77. The Morgan fingerprint density at radius 1 is 1.00 bits per heavy atom. The van der Waals surface area contributed by atoms with E-state index in [1.807, 2.05) is 66.7 Å². The topological polar surface area (TPSA) is 46.5 Å². The number of aliphatic carboxylic acids is 1. The van der Waals surface area contributed by atoms with Crippen molar-refractivity contribution in [3.8, 4) is 5.75 Å². The predicted octanol–water partition coefficient (Wildman–Crippen LogP) is 5.43. The summed E-state index contributed by atoms with van der Waals surface area (Å²) in [6.07, 6.45) is 2.44. The van der Waals surface area contributed by atoms with Gasteiger partial charge in [0.2, 0.25) is 0 Å². The largest absolute Gasteiger partial charge is 0.493 e. The van der Waals surface area contributed by atoms with E-state index in [9.17, 15) is 9.90 Å². The van der Waals surface area contributed by atoms with Gasteiger partial charge in [-0.3, -0.25) is 4.79 Å². The lowest BCUT2D eigenvalue weighted by Crippen LogP contribution is -2.15. The highest BCUT2D eigenvalue weighted by atomic mass is 16.5. The maximum atomic E-state index is 12.0. The number of carboxylic acids is 1. The number of carbonyl (C=O) groups is 1. The summed E-state index contributed by atoms with van der Waals surface area (Å²) in [4.78, 5) is 12.0. The summed E-state index contributed by atoms with van der Waals surface area (Å²) in [5.74, 6) is -0.626. The molecule has 134 valence electrons. The van der Waals surface area contributed by atoms with Crippen molar-refractivity contribution < 1.29 is 14.6 Å². The molecule has 0 bridgehead atoms. The summed E-state index contributed by atoms with van der Waals surface area (Å²) in [6, 6.07) is 21.5. The minimum atomic E-state index is -0.816. The number of unbranched alkanes of at least 4 members (excludes halogenated alkanes) is 1. The van der Waals surface area contributed by atoms with Crippen LogP contribution in [0.4, 0.5) is 0 Å². The minimum absolute atomic E-state index is 0.405. The van der Waals surface area contributed by atoms with Crippen LogP contribution in [0.5, 0.6) is 5.75 Å². The number of hydrogen-bond acceptors (Lipinski definition) is 2. The molecule has 0 aliphatic heterocycles. The molecule has 0 aromatic heterocycles.